The quantitative estimate of drug-likeness (QED) is 0.845. The van der Waals surface area contributed by atoms with Gasteiger partial charge < -0.3 is 15.4 Å². The van der Waals surface area contributed by atoms with Crippen LogP contribution < -0.4 is 10.6 Å². The summed E-state index contributed by atoms with van der Waals surface area (Å²) in [5.41, 5.74) is 2.48. The molecule has 2 fully saturated rings. The highest BCUT2D eigenvalue weighted by atomic mass is 16.5. The lowest BCUT2D eigenvalue weighted by atomic mass is 10.1. The van der Waals surface area contributed by atoms with Gasteiger partial charge in [-0.25, -0.2) is 9.97 Å². The Labute approximate surface area is 131 Å². The van der Waals surface area contributed by atoms with Crippen LogP contribution in [0.25, 0.3) is 0 Å². The Morgan fingerprint density at radius 1 is 1.14 bits per heavy atom. The molecule has 1 aromatic rings. The van der Waals surface area contributed by atoms with Crippen molar-refractivity contribution in [3.8, 4) is 0 Å². The molecular formula is C16H25N5O. The molecule has 0 unspecified atom stereocenters. The highest BCUT2D eigenvalue weighted by Crippen LogP contribution is 2.24. The molecule has 0 spiro atoms. The lowest BCUT2D eigenvalue weighted by Crippen LogP contribution is -2.45. The van der Waals surface area contributed by atoms with Crippen LogP contribution in [0.4, 0.5) is 5.82 Å². The molecule has 2 saturated heterocycles. The molecule has 1 aromatic heterocycles. The Kier molecular flexibility index (Phi) is 4.23. The largest absolute Gasteiger partial charge is 0.378 e. The number of hydrogen-bond acceptors (Lipinski definition) is 6. The average molecular weight is 303 g/mol. The second kappa shape index (κ2) is 6.48. The van der Waals surface area contributed by atoms with Crippen LogP contribution in [0.2, 0.25) is 0 Å². The molecule has 4 heterocycles. The third-order valence-corrected chi connectivity index (χ3v) is 5.11. The van der Waals surface area contributed by atoms with E-state index in [1.165, 1.54) is 37.2 Å². The van der Waals surface area contributed by atoms with Crippen LogP contribution in [0, 0.1) is 0 Å². The number of rotatable bonds is 3. The van der Waals surface area contributed by atoms with Crippen LogP contribution in [0.1, 0.15) is 24.1 Å². The summed E-state index contributed by atoms with van der Waals surface area (Å²) in [7, 11) is 0. The van der Waals surface area contributed by atoms with E-state index in [-0.39, 0.29) is 0 Å². The van der Waals surface area contributed by atoms with Crippen molar-refractivity contribution in [2.24, 2.45) is 0 Å². The molecule has 0 bridgehead atoms. The second-order valence-corrected chi connectivity index (χ2v) is 6.50. The van der Waals surface area contributed by atoms with Crippen LogP contribution in [0.5, 0.6) is 0 Å². The summed E-state index contributed by atoms with van der Waals surface area (Å²) in [4.78, 5) is 11.6. The molecule has 0 aromatic carbocycles. The smallest absolute Gasteiger partial charge is 0.133 e. The van der Waals surface area contributed by atoms with Crippen LogP contribution >= 0.6 is 0 Å². The Morgan fingerprint density at radius 3 is 2.91 bits per heavy atom. The van der Waals surface area contributed by atoms with E-state index in [0.29, 0.717) is 12.1 Å². The monoisotopic (exact) mass is 303 g/mol. The number of fused-ring (bicyclic) bond motifs is 1. The lowest BCUT2D eigenvalue weighted by molar-refractivity contribution is 0.159. The van der Waals surface area contributed by atoms with Gasteiger partial charge in [0.1, 0.15) is 12.1 Å². The van der Waals surface area contributed by atoms with Crippen molar-refractivity contribution in [2.75, 3.05) is 44.7 Å². The van der Waals surface area contributed by atoms with Crippen molar-refractivity contribution in [2.45, 2.75) is 37.8 Å². The first-order valence-corrected chi connectivity index (χ1v) is 8.53. The predicted molar refractivity (Wildman–Crippen MR) is 85.1 cm³/mol. The first-order valence-electron chi connectivity index (χ1n) is 8.53. The molecule has 120 valence electrons. The van der Waals surface area contributed by atoms with Crippen molar-refractivity contribution in [3.63, 3.8) is 0 Å². The second-order valence-electron chi connectivity index (χ2n) is 6.50. The third kappa shape index (κ3) is 2.83. The minimum atomic E-state index is 0.341. The van der Waals surface area contributed by atoms with E-state index in [0.717, 1.165) is 45.0 Å². The molecule has 0 amide bonds. The number of hydrogen-bond donors (Lipinski definition) is 2. The molecular weight excluding hydrogens is 278 g/mol. The summed E-state index contributed by atoms with van der Waals surface area (Å²) in [5.74, 6) is 1.02. The number of likely N-dealkylation sites (tertiary alicyclic amines) is 1. The van der Waals surface area contributed by atoms with E-state index >= 15 is 0 Å². The molecule has 3 aliphatic heterocycles. The zero-order chi connectivity index (χ0) is 14.8. The molecule has 0 radical (unpaired) electrons. The lowest BCUT2D eigenvalue weighted by Gasteiger charge is -2.28. The maximum absolute atomic E-state index is 5.76. The van der Waals surface area contributed by atoms with Gasteiger partial charge in [0.2, 0.25) is 0 Å². The maximum Gasteiger partial charge on any atom is 0.133 e. The molecule has 2 N–H and O–H groups in total. The first kappa shape index (κ1) is 14.4. The zero-order valence-electron chi connectivity index (χ0n) is 13.1. The van der Waals surface area contributed by atoms with Gasteiger partial charge in [0.25, 0.3) is 0 Å². The average Bonchev–Trinajstić information content (AvgIpc) is 3.14. The fourth-order valence-electron chi connectivity index (χ4n) is 3.89. The van der Waals surface area contributed by atoms with Crippen LogP contribution in [-0.2, 0) is 17.6 Å². The molecule has 0 saturated carbocycles. The van der Waals surface area contributed by atoms with Crippen LogP contribution in [-0.4, -0.2) is 66.3 Å². The molecule has 4 rings (SSSR count). The Bertz CT molecular complexity index is 517. The van der Waals surface area contributed by atoms with Gasteiger partial charge in [0.15, 0.2) is 0 Å². The Morgan fingerprint density at radius 2 is 2.00 bits per heavy atom. The summed E-state index contributed by atoms with van der Waals surface area (Å²) in [6, 6.07) is 0.824. The molecule has 2 atom stereocenters. The minimum absolute atomic E-state index is 0.341. The molecule has 6 nitrogen and oxygen atoms in total. The number of nitrogens with zero attached hydrogens (tertiary/aromatic N) is 3. The van der Waals surface area contributed by atoms with Gasteiger partial charge >= 0.3 is 0 Å². The van der Waals surface area contributed by atoms with Gasteiger partial charge in [-0.3, -0.25) is 4.90 Å². The normalized spacial score (nSPS) is 29.3. The van der Waals surface area contributed by atoms with E-state index in [4.69, 9.17) is 4.74 Å². The van der Waals surface area contributed by atoms with Gasteiger partial charge in [-0.15, -0.1) is 0 Å². The van der Waals surface area contributed by atoms with E-state index in [2.05, 4.69) is 25.5 Å². The standard InChI is InChI=1S/C16H25N5O/c1-2-8-21(7-1)15-10-22-9-14(15)20-16-12-3-5-17-6-4-13(12)18-11-19-16/h11,14-15,17H,1-10H2,(H,18,19,20)/t14-,15-/m0/s1. The fraction of sp³-hybridized carbons (Fsp3) is 0.750. The Balaban J connectivity index is 1.53. The zero-order valence-corrected chi connectivity index (χ0v) is 13.1. The summed E-state index contributed by atoms with van der Waals surface area (Å²) in [5, 5.41) is 7.12. The predicted octanol–water partition coefficient (Wildman–Crippen LogP) is 0.440. The highest BCUT2D eigenvalue weighted by Gasteiger charge is 2.35. The van der Waals surface area contributed by atoms with Crippen molar-refractivity contribution >= 4 is 5.82 Å². The molecule has 6 heteroatoms. The maximum atomic E-state index is 5.76. The van der Waals surface area contributed by atoms with Gasteiger partial charge in [-0.1, -0.05) is 0 Å². The van der Waals surface area contributed by atoms with Gasteiger partial charge in [0, 0.05) is 18.5 Å². The Hall–Kier alpha value is -1.24. The number of nitrogens with one attached hydrogen (secondary N) is 2. The topological polar surface area (TPSA) is 62.3 Å². The minimum Gasteiger partial charge on any atom is -0.378 e. The van der Waals surface area contributed by atoms with E-state index in [9.17, 15) is 0 Å². The number of ether oxygens (including phenoxy) is 1. The summed E-state index contributed by atoms with van der Waals surface area (Å²) < 4.78 is 5.76. The summed E-state index contributed by atoms with van der Waals surface area (Å²) >= 11 is 0. The number of aromatic nitrogens is 2. The van der Waals surface area contributed by atoms with Crippen molar-refractivity contribution < 1.29 is 4.74 Å². The SMILES string of the molecule is c1nc2c(c(N[C@H]3COC[C@@H]3N3CCCC3)n1)CCNCC2. The highest BCUT2D eigenvalue weighted by molar-refractivity contribution is 5.48. The van der Waals surface area contributed by atoms with Crippen LogP contribution in [0.3, 0.4) is 0 Å². The van der Waals surface area contributed by atoms with E-state index in [1.807, 2.05) is 0 Å². The third-order valence-electron chi connectivity index (χ3n) is 5.11. The van der Waals surface area contributed by atoms with Gasteiger partial charge in [-0.05, 0) is 38.9 Å². The van der Waals surface area contributed by atoms with Gasteiger partial charge in [-0.2, -0.15) is 0 Å². The van der Waals surface area contributed by atoms with Gasteiger partial charge in [0.05, 0.1) is 31.0 Å². The van der Waals surface area contributed by atoms with Crippen molar-refractivity contribution in [1.82, 2.24) is 20.2 Å². The molecule has 22 heavy (non-hydrogen) atoms. The number of anilines is 1. The summed E-state index contributed by atoms with van der Waals surface area (Å²) in [6.07, 6.45) is 6.33. The van der Waals surface area contributed by atoms with Crippen LogP contribution in [0.15, 0.2) is 6.33 Å². The van der Waals surface area contributed by atoms with E-state index < -0.39 is 0 Å². The fourth-order valence-corrected chi connectivity index (χ4v) is 3.89. The van der Waals surface area contributed by atoms with Crippen molar-refractivity contribution in [1.29, 1.82) is 0 Å². The van der Waals surface area contributed by atoms with Crippen molar-refractivity contribution in [3.05, 3.63) is 17.6 Å². The summed E-state index contributed by atoms with van der Waals surface area (Å²) in [6.45, 7) is 6.04. The molecule has 3 aliphatic rings. The van der Waals surface area contributed by atoms with E-state index in [1.54, 1.807) is 6.33 Å². The molecule has 0 aliphatic carbocycles. The first-order chi connectivity index (χ1) is 10.9.